The third-order valence-electron chi connectivity index (χ3n) is 4.63. The van der Waals surface area contributed by atoms with Gasteiger partial charge in [-0.25, -0.2) is 9.97 Å². The summed E-state index contributed by atoms with van der Waals surface area (Å²) in [5.74, 6) is 0.241. The summed E-state index contributed by atoms with van der Waals surface area (Å²) in [6.07, 6.45) is 2.44. The minimum Gasteiger partial charge on any atom is -0.342 e. The number of hydrogen-bond acceptors (Lipinski definition) is 5. The van der Waals surface area contributed by atoms with E-state index in [-0.39, 0.29) is 11.3 Å². The lowest BCUT2D eigenvalue weighted by Gasteiger charge is -2.32. The second kappa shape index (κ2) is 7.73. The van der Waals surface area contributed by atoms with Gasteiger partial charge in [0, 0.05) is 38.1 Å². The summed E-state index contributed by atoms with van der Waals surface area (Å²) in [6.45, 7) is 9.01. The van der Waals surface area contributed by atoms with Crippen LogP contribution in [0.5, 0.6) is 0 Å². The second-order valence-corrected chi connectivity index (χ2v) is 7.65. The van der Waals surface area contributed by atoms with Crippen LogP contribution < -0.4 is 10.2 Å². The first-order valence-electron chi connectivity index (χ1n) is 9.06. The van der Waals surface area contributed by atoms with E-state index in [1.807, 2.05) is 29.2 Å². The van der Waals surface area contributed by atoms with Crippen LogP contribution >= 0.6 is 0 Å². The Kier molecular flexibility index (Phi) is 5.39. The molecule has 7 heteroatoms. The maximum absolute atomic E-state index is 12.6. The van der Waals surface area contributed by atoms with E-state index in [1.54, 1.807) is 17.2 Å². The van der Waals surface area contributed by atoms with Gasteiger partial charge in [0.15, 0.2) is 0 Å². The van der Waals surface area contributed by atoms with E-state index in [1.165, 1.54) is 5.56 Å². The van der Waals surface area contributed by atoms with Crippen molar-refractivity contribution in [2.45, 2.75) is 26.2 Å². The Morgan fingerprint density at radius 1 is 1.07 bits per heavy atom. The second-order valence-electron chi connectivity index (χ2n) is 7.65. The molecule has 0 unspecified atom stereocenters. The Labute approximate surface area is 159 Å². The van der Waals surface area contributed by atoms with Gasteiger partial charge in [-0.1, -0.05) is 32.9 Å². The smallest absolute Gasteiger partial charge is 0.274 e. The summed E-state index contributed by atoms with van der Waals surface area (Å²) in [6, 6.07) is 9.45. The Morgan fingerprint density at radius 2 is 1.74 bits per heavy atom. The minimum atomic E-state index is -0.270. The number of benzene rings is 1. The highest BCUT2D eigenvalue weighted by molar-refractivity contribution is 6.02. The Bertz CT molecular complexity index is 806. The van der Waals surface area contributed by atoms with Crippen LogP contribution in [0, 0.1) is 0 Å². The predicted octanol–water partition coefficient (Wildman–Crippen LogP) is 2.30. The van der Waals surface area contributed by atoms with Gasteiger partial charge in [0.1, 0.15) is 5.69 Å². The molecule has 0 saturated carbocycles. The predicted molar refractivity (Wildman–Crippen MR) is 105 cm³/mol. The molecule has 142 valence electrons. The topological polar surface area (TPSA) is 78.4 Å². The van der Waals surface area contributed by atoms with Crippen molar-refractivity contribution < 1.29 is 9.59 Å². The lowest BCUT2D eigenvalue weighted by Crippen LogP contribution is -2.46. The van der Waals surface area contributed by atoms with Crippen molar-refractivity contribution >= 4 is 24.0 Å². The molecule has 3 rings (SSSR count). The first-order chi connectivity index (χ1) is 12.9. The van der Waals surface area contributed by atoms with Crippen molar-refractivity contribution in [1.82, 2.24) is 14.9 Å². The van der Waals surface area contributed by atoms with Gasteiger partial charge in [0.25, 0.3) is 5.91 Å². The summed E-state index contributed by atoms with van der Waals surface area (Å²) >= 11 is 0. The highest BCUT2D eigenvalue weighted by atomic mass is 16.2. The van der Waals surface area contributed by atoms with Crippen molar-refractivity contribution in [2.75, 3.05) is 36.4 Å². The first kappa shape index (κ1) is 18.8. The molecule has 0 spiro atoms. The monoisotopic (exact) mass is 367 g/mol. The maximum atomic E-state index is 12.6. The molecule has 1 aromatic heterocycles. The summed E-state index contributed by atoms with van der Waals surface area (Å²) in [7, 11) is 0. The van der Waals surface area contributed by atoms with Gasteiger partial charge in [-0.15, -0.1) is 0 Å². The fourth-order valence-electron chi connectivity index (χ4n) is 2.90. The minimum absolute atomic E-state index is 0.0674. The fourth-order valence-corrected chi connectivity index (χ4v) is 2.90. The van der Waals surface area contributed by atoms with Gasteiger partial charge in [0.05, 0.1) is 0 Å². The van der Waals surface area contributed by atoms with Crippen LogP contribution in [0.1, 0.15) is 36.8 Å². The molecule has 1 aliphatic rings. The van der Waals surface area contributed by atoms with Crippen LogP contribution in [0.3, 0.4) is 0 Å². The van der Waals surface area contributed by atoms with Crippen molar-refractivity contribution in [2.24, 2.45) is 0 Å². The molecule has 1 fully saturated rings. The van der Waals surface area contributed by atoms with Crippen LogP contribution in [-0.4, -0.2) is 53.4 Å². The Morgan fingerprint density at radius 3 is 2.33 bits per heavy atom. The summed E-state index contributed by atoms with van der Waals surface area (Å²) in [5.41, 5.74) is 2.32. The van der Waals surface area contributed by atoms with Gasteiger partial charge in [-0.2, -0.15) is 0 Å². The normalized spacial score (nSPS) is 14.8. The van der Waals surface area contributed by atoms with Crippen molar-refractivity contribution in [3.8, 4) is 0 Å². The molecule has 0 radical (unpaired) electrons. The molecule has 1 saturated heterocycles. The zero-order valence-electron chi connectivity index (χ0n) is 16.0. The molecule has 27 heavy (non-hydrogen) atoms. The number of carbonyl (C=O) groups is 2. The quantitative estimate of drug-likeness (QED) is 0.839. The van der Waals surface area contributed by atoms with E-state index in [0.29, 0.717) is 37.8 Å². The van der Waals surface area contributed by atoms with Gasteiger partial charge in [-0.05, 0) is 29.2 Å². The fraction of sp³-hybridized carbons (Fsp3) is 0.400. The molecule has 1 aromatic carbocycles. The third-order valence-corrected chi connectivity index (χ3v) is 4.63. The van der Waals surface area contributed by atoms with Crippen LogP contribution in [0.4, 0.5) is 11.6 Å². The van der Waals surface area contributed by atoms with Crippen molar-refractivity contribution in [3.63, 3.8) is 0 Å². The first-order valence-corrected chi connectivity index (χ1v) is 9.06. The number of amides is 2. The maximum Gasteiger partial charge on any atom is 0.274 e. The number of nitrogens with zero attached hydrogens (tertiary/aromatic N) is 4. The van der Waals surface area contributed by atoms with E-state index in [9.17, 15) is 9.59 Å². The molecule has 1 aliphatic heterocycles. The SMILES string of the molecule is CC(C)(C)c1ccc(NC(=O)c2ccnc(N3CCN(C=O)CC3)n2)cc1. The zero-order chi connectivity index (χ0) is 19.4. The number of hydrogen-bond donors (Lipinski definition) is 1. The standard InChI is InChI=1S/C20H25N5O2/c1-20(2,3)15-4-6-16(7-5-15)22-18(27)17-8-9-21-19(23-17)25-12-10-24(14-26)11-13-25/h4-9,14H,10-13H2,1-3H3,(H,22,27). The highest BCUT2D eigenvalue weighted by Crippen LogP contribution is 2.23. The summed E-state index contributed by atoms with van der Waals surface area (Å²) in [5, 5.41) is 2.88. The van der Waals surface area contributed by atoms with Gasteiger partial charge in [0.2, 0.25) is 12.4 Å². The lowest BCUT2D eigenvalue weighted by atomic mass is 9.87. The van der Waals surface area contributed by atoms with Crippen molar-refractivity contribution in [3.05, 3.63) is 47.8 Å². The molecule has 0 bridgehead atoms. The van der Waals surface area contributed by atoms with E-state index >= 15 is 0 Å². The van der Waals surface area contributed by atoms with Gasteiger partial charge < -0.3 is 15.1 Å². The van der Waals surface area contributed by atoms with Gasteiger partial charge >= 0.3 is 0 Å². The Hall–Kier alpha value is -2.96. The largest absolute Gasteiger partial charge is 0.342 e. The van der Waals surface area contributed by atoms with E-state index < -0.39 is 0 Å². The lowest BCUT2D eigenvalue weighted by molar-refractivity contribution is -0.118. The molecular weight excluding hydrogens is 342 g/mol. The molecule has 2 aromatic rings. The Balaban J connectivity index is 1.68. The molecule has 2 heterocycles. The number of carbonyl (C=O) groups excluding carboxylic acids is 2. The van der Waals surface area contributed by atoms with E-state index in [4.69, 9.17) is 0 Å². The molecule has 0 aliphatic carbocycles. The molecule has 7 nitrogen and oxygen atoms in total. The summed E-state index contributed by atoms with van der Waals surface area (Å²) < 4.78 is 0. The van der Waals surface area contributed by atoms with Crippen LogP contribution in [-0.2, 0) is 10.2 Å². The van der Waals surface area contributed by atoms with E-state index in [0.717, 1.165) is 12.1 Å². The summed E-state index contributed by atoms with van der Waals surface area (Å²) in [4.78, 5) is 35.7. The molecular formula is C20H25N5O2. The van der Waals surface area contributed by atoms with E-state index in [2.05, 4.69) is 36.1 Å². The van der Waals surface area contributed by atoms with Crippen LogP contribution in [0.15, 0.2) is 36.5 Å². The average Bonchev–Trinajstić information content (AvgIpc) is 2.68. The number of aromatic nitrogens is 2. The number of anilines is 2. The van der Waals surface area contributed by atoms with Crippen LogP contribution in [0.25, 0.3) is 0 Å². The molecule has 1 N–H and O–H groups in total. The number of nitrogens with one attached hydrogen (secondary N) is 1. The number of piperazine rings is 1. The highest BCUT2D eigenvalue weighted by Gasteiger charge is 2.19. The van der Waals surface area contributed by atoms with Crippen LogP contribution in [0.2, 0.25) is 0 Å². The zero-order valence-corrected chi connectivity index (χ0v) is 16.0. The third kappa shape index (κ3) is 4.61. The molecule has 0 atom stereocenters. The molecule has 2 amide bonds. The number of rotatable bonds is 4. The van der Waals surface area contributed by atoms with Gasteiger partial charge in [-0.3, -0.25) is 9.59 Å². The average molecular weight is 367 g/mol. The van der Waals surface area contributed by atoms with Crippen molar-refractivity contribution in [1.29, 1.82) is 0 Å².